The highest BCUT2D eigenvalue weighted by Gasteiger charge is 2.33. The average molecular weight is 242 g/mol. The van der Waals surface area contributed by atoms with E-state index in [4.69, 9.17) is 4.74 Å². The smallest absolute Gasteiger partial charge is 0.416 e. The summed E-state index contributed by atoms with van der Waals surface area (Å²) in [6.07, 6.45) is -2.57. The molecule has 1 aromatic carbocycles. The zero-order chi connectivity index (χ0) is 12.8. The van der Waals surface area contributed by atoms with Crippen molar-refractivity contribution in [3.8, 4) is 5.75 Å². The van der Waals surface area contributed by atoms with E-state index in [0.29, 0.717) is 11.3 Å². The Morgan fingerprint density at radius 2 is 1.82 bits per heavy atom. The molecule has 92 valence electrons. The molecule has 1 aliphatic heterocycles. The summed E-state index contributed by atoms with van der Waals surface area (Å²) < 4.78 is 43.3. The lowest BCUT2D eigenvalue weighted by Gasteiger charge is -2.32. The van der Waals surface area contributed by atoms with Gasteiger partial charge in [-0.05, 0) is 50.6 Å². The van der Waals surface area contributed by atoms with Crippen LogP contribution in [-0.4, -0.2) is 5.60 Å². The number of hydrogen-bond donors (Lipinski definition) is 0. The van der Waals surface area contributed by atoms with Gasteiger partial charge < -0.3 is 4.74 Å². The van der Waals surface area contributed by atoms with Gasteiger partial charge >= 0.3 is 6.18 Å². The SMILES string of the molecule is CC1=Cc2cc(C(F)(F)F)ccc2OC1(C)C. The molecular formula is C13H13F3O. The molecule has 2 rings (SSSR count). The minimum Gasteiger partial charge on any atom is -0.483 e. The normalized spacial score (nSPS) is 18.1. The molecule has 0 aromatic heterocycles. The lowest BCUT2D eigenvalue weighted by atomic mass is 9.93. The van der Waals surface area contributed by atoms with Crippen molar-refractivity contribution in [3.05, 3.63) is 34.9 Å². The molecule has 0 aliphatic carbocycles. The summed E-state index contributed by atoms with van der Waals surface area (Å²) in [4.78, 5) is 0. The van der Waals surface area contributed by atoms with Crippen molar-refractivity contribution in [2.45, 2.75) is 32.5 Å². The first-order chi connectivity index (χ1) is 7.70. The van der Waals surface area contributed by atoms with E-state index in [1.54, 1.807) is 6.08 Å². The van der Waals surface area contributed by atoms with Crippen LogP contribution < -0.4 is 4.74 Å². The molecule has 1 aliphatic rings. The number of halogens is 3. The Labute approximate surface area is 97.9 Å². The lowest BCUT2D eigenvalue weighted by Crippen LogP contribution is -2.32. The zero-order valence-corrected chi connectivity index (χ0v) is 9.85. The summed E-state index contributed by atoms with van der Waals surface area (Å²) in [5, 5.41) is 0. The molecule has 0 saturated carbocycles. The van der Waals surface area contributed by atoms with Crippen LogP contribution in [0, 0.1) is 0 Å². The van der Waals surface area contributed by atoms with Gasteiger partial charge in [-0.1, -0.05) is 0 Å². The Bertz CT molecular complexity index is 484. The molecular weight excluding hydrogens is 229 g/mol. The van der Waals surface area contributed by atoms with Crippen LogP contribution in [0.5, 0.6) is 5.75 Å². The van der Waals surface area contributed by atoms with Gasteiger partial charge in [0.1, 0.15) is 11.4 Å². The molecule has 0 fully saturated rings. The summed E-state index contributed by atoms with van der Waals surface area (Å²) >= 11 is 0. The van der Waals surface area contributed by atoms with Crippen molar-refractivity contribution in [1.29, 1.82) is 0 Å². The van der Waals surface area contributed by atoms with E-state index in [0.717, 1.165) is 17.7 Å². The maximum atomic E-state index is 12.5. The van der Waals surface area contributed by atoms with E-state index in [9.17, 15) is 13.2 Å². The van der Waals surface area contributed by atoms with Crippen LogP contribution in [0.25, 0.3) is 6.08 Å². The van der Waals surface area contributed by atoms with Crippen molar-refractivity contribution < 1.29 is 17.9 Å². The maximum absolute atomic E-state index is 12.5. The standard InChI is InChI=1S/C13H13F3O/c1-8-6-9-7-10(13(14,15)16)4-5-11(9)17-12(8,2)3/h4-7H,1-3H3. The summed E-state index contributed by atoms with van der Waals surface area (Å²) in [5.41, 5.74) is 0.275. The van der Waals surface area contributed by atoms with Crippen LogP contribution in [0.4, 0.5) is 13.2 Å². The van der Waals surface area contributed by atoms with Crippen LogP contribution in [0.3, 0.4) is 0 Å². The van der Waals surface area contributed by atoms with E-state index in [2.05, 4.69) is 0 Å². The molecule has 0 N–H and O–H groups in total. The minimum absolute atomic E-state index is 0.466. The molecule has 0 atom stereocenters. The average Bonchev–Trinajstić information content (AvgIpc) is 2.17. The molecule has 17 heavy (non-hydrogen) atoms. The van der Waals surface area contributed by atoms with E-state index in [1.807, 2.05) is 20.8 Å². The second-order valence-corrected chi connectivity index (χ2v) is 4.69. The minimum atomic E-state index is -4.32. The molecule has 1 nitrogen and oxygen atoms in total. The number of rotatable bonds is 0. The van der Waals surface area contributed by atoms with Crippen molar-refractivity contribution in [3.63, 3.8) is 0 Å². The first-order valence-electron chi connectivity index (χ1n) is 5.29. The van der Waals surface area contributed by atoms with Crippen LogP contribution in [0.15, 0.2) is 23.8 Å². The molecule has 4 heteroatoms. The Kier molecular flexibility index (Phi) is 2.49. The highest BCUT2D eigenvalue weighted by atomic mass is 19.4. The zero-order valence-electron chi connectivity index (χ0n) is 9.85. The third kappa shape index (κ3) is 2.16. The van der Waals surface area contributed by atoms with Crippen molar-refractivity contribution in [2.24, 2.45) is 0 Å². The van der Waals surface area contributed by atoms with E-state index >= 15 is 0 Å². The molecule has 0 saturated heterocycles. The first kappa shape index (κ1) is 12.0. The predicted octanol–water partition coefficient (Wildman–Crippen LogP) is 4.28. The first-order valence-corrected chi connectivity index (χ1v) is 5.29. The van der Waals surface area contributed by atoms with Crippen molar-refractivity contribution in [1.82, 2.24) is 0 Å². The molecule has 0 amide bonds. The largest absolute Gasteiger partial charge is 0.483 e. The van der Waals surface area contributed by atoms with Gasteiger partial charge in [-0.2, -0.15) is 13.2 Å². The van der Waals surface area contributed by atoms with Crippen molar-refractivity contribution >= 4 is 6.08 Å². The monoisotopic (exact) mass is 242 g/mol. The van der Waals surface area contributed by atoms with Crippen LogP contribution >= 0.6 is 0 Å². The van der Waals surface area contributed by atoms with Gasteiger partial charge in [0, 0.05) is 5.56 Å². The Hall–Kier alpha value is -1.45. The second kappa shape index (κ2) is 3.52. The third-order valence-electron chi connectivity index (χ3n) is 3.02. The number of alkyl halides is 3. The summed E-state index contributed by atoms with van der Waals surface area (Å²) in [6, 6.07) is 3.54. The number of hydrogen-bond acceptors (Lipinski definition) is 1. The third-order valence-corrected chi connectivity index (χ3v) is 3.02. The highest BCUT2D eigenvalue weighted by molar-refractivity contribution is 5.64. The molecule has 0 unspecified atom stereocenters. The van der Waals surface area contributed by atoms with Crippen LogP contribution in [0.1, 0.15) is 31.9 Å². The summed E-state index contributed by atoms with van der Waals surface area (Å²) in [7, 11) is 0. The van der Waals surface area contributed by atoms with Crippen LogP contribution in [-0.2, 0) is 6.18 Å². The maximum Gasteiger partial charge on any atom is 0.416 e. The topological polar surface area (TPSA) is 9.23 Å². The molecule has 0 radical (unpaired) electrons. The molecule has 1 aromatic rings. The highest BCUT2D eigenvalue weighted by Crippen LogP contribution is 2.38. The number of fused-ring (bicyclic) bond motifs is 1. The number of benzene rings is 1. The fraction of sp³-hybridized carbons (Fsp3) is 0.385. The summed E-state index contributed by atoms with van der Waals surface area (Å²) in [6.45, 7) is 5.63. The van der Waals surface area contributed by atoms with Gasteiger partial charge in [0.15, 0.2) is 0 Å². The van der Waals surface area contributed by atoms with E-state index < -0.39 is 17.3 Å². The predicted molar refractivity (Wildman–Crippen MR) is 59.8 cm³/mol. The van der Waals surface area contributed by atoms with Gasteiger partial charge in [-0.3, -0.25) is 0 Å². The fourth-order valence-corrected chi connectivity index (χ4v) is 1.69. The Balaban J connectivity index is 2.50. The van der Waals surface area contributed by atoms with E-state index in [1.165, 1.54) is 6.07 Å². The van der Waals surface area contributed by atoms with Crippen LogP contribution in [0.2, 0.25) is 0 Å². The quantitative estimate of drug-likeness (QED) is 0.659. The summed E-state index contributed by atoms with van der Waals surface area (Å²) in [5.74, 6) is 0.494. The number of ether oxygens (including phenoxy) is 1. The van der Waals surface area contributed by atoms with E-state index in [-0.39, 0.29) is 0 Å². The molecule has 0 bridgehead atoms. The van der Waals surface area contributed by atoms with Gasteiger partial charge in [-0.15, -0.1) is 0 Å². The molecule has 1 heterocycles. The Morgan fingerprint density at radius 3 is 2.41 bits per heavy atom. The fourth-order valence-electron chi connectivity index (χ4n) is 1.69. The van der Waals surface area contributed by atoms with Gasteiger partial charge in [0.05, 0.1) is 5.56 Å². The van der Waals surface area contributed by atoms with Gasteiger partial charge in [0.2, 0.25) is 0 Å². The van der Waals surface area contributed by atoms with Gasteiger partial charge in [0.25, 0.3) is 0 Å². The Morgan fingerprint density at radius 1 is 1.18 bits per heavy atom. The van der Waals surface area contributed by atoms with Crippen molar-refractivity contribution in [2.75, 3.05) is 0 Å². The van der Waals surface area contributed by atoms with Gasteiger partial charge in [-0.25, -0.2) is 0 Å². The molecule has 0 spiro atoms. The lowest BCUT2D eigenvalue weighted by molar-refractivity contribution is -0.137. The second-order valence-electron chi connectivity index (χ2n) is 4.69.